The van der Waals surface area contributed by atoms with Gasteiger partial charge in [-0.05, 0) is 40.5 Å². The highest BCUT2D eigenvalue weighted by Crippen LogP contribution is 2.29. The van der Waals surface area contributed by atoms with Gasteiger partial charge in [-0.1, -0.05) is 25.4 Å². The summed E-state index contributed by atoms with van der Waals surface area (Å²) < 4.78 is 5.56. The van der Waals surface area contributed by atoms with Crippen molar-refractivity contribution < 1.29 is 14.3 Å². The van der Waals surface area contributed by atoms with Gasteiger partial charge < -0.3 is 14.5 Å². The van der Waals surface area contributed by atoms with Crippen molar-refractivity contribution >= 4 is 29.3 Å². The minimum Gasteiger partial charge on any atom is -0.444 e. The molecule has 2 atom stereocenters. The van der Waals surface area contributed by atoms with Gasteiger partial charge in [0.05, 0.1) is 12.2 Å². The van der Waals surface area contributed by atoms with Crippen LogP contribution >= 0.6 is 11.6 Å². The first-order chi connectivity index (χ1) is 13.1. The zero-order valence-electron chi connectivity index (χ0n) is 17.7. The largest absolute Gasteiger partial charge is 0.444 e. The Bertz CT molecular complexity index is 720. The van der Waals surface area contributed by atoms with E-state index in [9.17, 15) is 9.59 Å². The first-order valence-corrected chi connectivity index (χ1v) is 10.3. The molecule has 2 rings (SSSR count). The number of nitrogens with zero attached hydrogens (tertiary/aromatic N) is 4. The standard InChI is InChI=1S/C20H31ClN4O3/c1-7-9-16(26)15-10-22-18(17(21)23-15)24-12-14(8-2)25(11-13(24)3)19(27)28-20(4,5)6/h10,13-14H,7-9,11-12H2,1-6H3/t13-,14+/m1/s1. The molecule has 1 fully saturated rings. The van der Waals surface area contributed by atoms with Gasteiger partial charge in [0.1, 0.15) is 11.3 Å². The van der Waals surface area contributed by atoms with E-state index < -0.39 is 5.60 Å². The van der Waals surface area contributed by atoms with Gasteiger partial charge in [0.25, 0.3) is 0 Å². The molecule has 0 unspecified atom stereocenters. The number of piperazine rings is 1. The SMILES string of the molecule is CCCC(=O)c1cnc(N2C[C@H](CC)N(C(=O)OC(C)(C)C)C[C@H]2C)c(Cl)n1. The zero-order valence-corrected chi connectivity index (χ0v) is 18.4. The first kappa shape index (κ1) is 22.4. The summed E-state index contributed by atoms with van der Waals surface area (Å²) >= 11 is 6.38. The molecule has 0 N–H and O–H groups in total. The summed E-state index contributed by atoms with van der Waals surface area (Å²) in [5.41, 5.74) is -0.242. The molecule has 0 bridgehead atoms. The molecule has 0 saturated carbocycles. The highest BCUT2D eigenvalue weighted by atomic mass is 35.5. The van der Waals surface area contributed by atoms with Crippen molar-refractivity contribution in [3.63, 3.8) is 0 Å². The minimum atomic E-state index is -0.536. The predicted octanol–water partition coefficient (Wildman–Crippen LogP) is 4.34. The Morgan fingerprint density at radius 1 is 1.29 bits per heavy atom. The second-order valence-corrected chi connectivity index (χ2v) is 8.60. The second-order valence-electron chi connectivity index (χ2n) is 8.24. The zero-order chi connectivity index (χ0) is 21.1. The highest BCUT2D eigenvalue weighted by Gasteiger charge is 2.37. The quantitative estimate of drug-likeness (QED) is 0.672. The lowest BCUT2D eigenvalue weighted by molar-refractivity contribution is 0.0105. The van der Waals surface area contributed by atoms with Crippen LogP contribution in [0.2, 0.25) is 5.15 Å². The summed E-state index contributed by atoms with van der Waals surface area (Å²) in [4.78, 5) is 37.2. The summed E-state index contributed by atoms with van der Waals surface area (Å²) in [5.74, 6) is 0.488. The molecule has 1 aliphatic rings. The molecule has 1 amide bonds. The minimum absolute atomic E-state index is 0.0145. The van der Waals surface area contributed by atoms with E-state index in [1.54, 1.807) is 4.90 Å². The lowest BCUT2D eigenvalue weighted by Crippen LogP contribution is -2.60. The Labute approximate surface area is 172 Å². The van der Waals surface area contributed by atoms with E-state index >= 15 is 0 Å². The number of aromatic nitrogens is 2. The van der Waals surface area contributed by atoms with Gasteiger partial charge in [0.2, 0.25) is 0 Å². The van der Waals surface area contributed by atoms with E-state index in [0.29, 0.717) is 31.0 Å². The number of Topliss-reactive ketones (excluding diaryl/α,β-unsaturated/α-hetero) is 1. The molecule has 1 aromatic heterocycles. The Hall–Kier alpha value is -1.89. The average Bonchev–Trinajstić information content (AvgIpc) is 2.60. The molecule has 7 nitrogen and oxygen atoms in total. The number of ether oxygens (including phenoxy) is 1. The summed E-state index contributed by atoms with van der Waals surface area (Å²) in [5, 5.41) is 0.217. The van der Waals surface area contributed by atoms with Gasteiger partial charge in [-0.2, -0.15) is 0 Å². The molecule has 2 heterocycles. The fraction of sp³-hybridized carbons (Fsp3) is 0.700. The fourth-order valence-electron chi connectivity index (χ4n) is 3.27. The van der Waals surface area contributed by atoms with Crippen LogP contribution in [0.3, 0.4) is 0 Å². The third-order valence-electron chi connectivity index (χ3n) is 4.69. The van der Waals surface area contributed by atoms with Crippen molar-refractivity contribution in [3.8, 4) is 0 Å². The predicted molar refractivity (Wildman–Crippen MR) is 110 cm³/mol. The monoisotopic (exact) mass is 410 g/mol. The van der Waals surface area contributed by atoms with Crippen molar-refractivity contribution in [1.29, 1.82) is 0 Å². The average molecular weight is 411 g/mol. The molecule has 1 aliphatic heterocycles. The molecule has 0 aromatic carbocycles. The maximum atomic E-state index is 12.6. The highest BCUT2D eigenvalue weighted by molar-refractivity contribution is 6.31. The van der Waals surface area contributed by atoms with E-state index in [1.165, 1.54) is 6.20 Å². The van der Waals surface area contributed by atoms with E-state index in [4.69, 9.17) is 16.3 Å². The van der Waals surface area contributed by atoms with Crippen molar-refractivity contribution in [2.75, 3.05) is 18.0 Å². The van der Waals surface area contributed by atoms with Crippen molar-refractivity contribution in [3.05, 3.63) is 17.0 Å². The Balaban J connectivity index is 2.20. The van der Waals surface area contributed by atoms with E-state index in [-0.39, 0.29) is 29.1 Å². The molecule has 28 heavy (non-hydrogen) atoms. The van der Waals surface area contributed by atoms with E-state index in [0.717, 1.165) is 12.8 Å². The summed E-state index contributed by atoms with van der Waals surface area (Å²) in [6.45, 7) is 12.7. The number of anilines is 1. The van der Waals surface area contributed by atoms with Crippen LogP contribution in [0.1, 0.15) is 71.3 Å². The lowest BCUT2D eigenvalue weighted by atomic mass is 10.1. The Morgan fingerprint density at radius 2 is 1.96 bits per heavy atom. The Kier molecular flexibility index (Phi) is 7.26. The fourth-order valence-corrected chi connectivity index (χ4v) is 3.52. The van der Waals surface area contributed by atoms with Crippen LogP contribution in [0.4, 0.5) is 10.6 Å². The van der Waals surface area contributed by atoms with Crippen LogP contribution in [-0.2, 0) is 4.74 Å². The molecule has 0 aliphatic carbocycles. The van der Waals surface area contributed by atoms with Crippen LogP contribution in [0.15, 0.2) is 6.20 Å². The van der Waals surface area contributed by atoms with Crippen LogP contribution in [-0.4, -0.2) is 57.5 Å². The number of carbonyl (C=O) groups excluding carboxylic acids is 2. The molecular formula is C20H31ClN4O3. The number of carbonyl (C=O) groups is 2. The first-order valence-electron chi connectivity index (χ1n) is 9.89. The molecule has 156 valence electrons. The van der Waals surface area contributed by atoms with Gasteiger partial charge in [-0.3, -0.25) is 4.79 Å². The number of hydrogen-bond donors (Lipinski definition) is 0. The van der Waals surface area contributed by atoms with Gasteiger partial charge in [0, 0.05) is 25.6 Å². The van der Waals surface area contributed by atoms with E-state index in [1.807, 2.05) is 41.5 Å². The lowest BCUT2D eigenvalue weighted by Gasteiger charge is -2.45. The number of amides is 1. The topological polar surface area (TPSA) is 75.6 Å². The third kappa shape index (κ3) is 5.34. The summed E-state index contributed by atoms with van der Waals surface area (Å²) in [6.07, 6.45) is 3.14. The Morgan fingerprint density at radius 3 is 2.50 bits per heavy atom. The number of hydrogen-bond acceptors (Lipinski definition) is 6. The maximum Gasteiger partial charge on any atom is 0.410 e. The van der Waals surface area contributed by atoms with Gasteiger partial charge >= 0.3 is 6.09 Å². The van der Waals surface area contributed by atoms with E-state index in [2.05, 4.69) is 14.9 Å². The molecule has 0 spiro atoms. The summed E-state index contributed by atoms with van der Waals surface area (Å²) in [6, 6.07) is -0.0374. The van der Waals surface area contributed by atoms with Crippen LogP contribution in [0.25, 0.3) is 0 Å². The van der Waals surface area contributed by atoms with Gasteiger partial charge in [-0.15, -0.1) is 0 Å². The van der Waals surface area contributed by atoms with Crippen molar-refractivity contribution in [1.82, 2.24) is 14.9 Å². The molecule has 1 aromatic rings. The van der Waals surface area contributed by atoms with Gasteiger partial charge in [0.15, 0.2) is 16.8 Å². The smallest absolute Gasteiger partial charge is 0.410 e. The molecule has 1 saturated heterocycles. The molecule has 0 radical (unpaired) electrons. The number of rotatable bonds is 5. The third-order valence-corrected chi connectivity index (χ3v) is 4.94. The molecular weight excluding hydrogens is 380 g/mol. The number of halogens is 1. The molecule has 8 heteroatoms. The van der Waals surface area contributed by atoms with Gasteiger partial charge in [-0.25, -0.2) is 14.8 Å². The normalized spacial score (nSPS) is 20.2. The van der Waals surface area contributed by atoms with Crippen LogP contribution in [0.5, 0.6) is 0 Å². The van der Waals surface area contributed by atoms with Crippen LogP contribution < -0.4 is 4.90 Å². The maximum absolute atomic E-state index is 12.6. The second kappa shape index (κ2) is 9.07. The van der Waals surface area contributed by atoms with Crippen molar-refractivity contribution in [2.45, 2.75) is 78.5 Å². The number of ketones is 1. The van der Waals surface area contributed by atoms with Crippen molar-refractivity contribution in [2.24, 2.45) is 0 Å². The van der Waals surface area contributed by atoms with Crippen LogP contribution in [0, 0.1) is 0 Å². The summed E-state index contributed by atoms with van der Waals surface area (Å²) in [7, 11) is 0.